The van der Waals surface area contributed by atoms with Crippen LogP contribution in [-0.4, -0.2) is 50.3 Å². The van der Waals surface area contributed by atoms with Crippen molar-refractivity contribution in [3.05, 3.63) is 101 Å². The zero-order valence-electron chi connectivity index (χ0n) is 19.4. The first-order valence-corrected chi connectivity index (χ1v) is 12.0. The molecule has 1 unspecified atom stereocenters. The minimum Gasteiger partial charge on any atom is -0.491 e. The smallest absolute Gasteiger partial charge is 0.341 e. The Kier molecular flexibility index (Phi) is 8.58. The zero-order valence-corrected chi connectivity index (χ0v) is 20.1. The van der Waals surface area contributed by atoms with Gasteiger partial charge in [-0.15, -0.1) is 0 Å². The molecule has 34 heavy (non-hydrogen) atoms. The number of halogens is 1. The highest BCUT2D eigenvalue weighted by Gasteiger charge is 2.25. The summed E-state index contributed by atoms with van der Waals surface area (Å²) in [4.78, 5) is 14.3. The van der Waals surface area contributed by atoms with E-state index in [2.05, 4.69) is 17.0 Å². The third kappa shape index (κ3) is 6.38. The minimum absolute atomic E-state index is 0.117. The number of piperidine rings is 1. The molecule has 0 N–H and O–H groups in total. The second kappa shape index (κ2) is 12.0. The van der Waals surface area contributed by atoms with Crippen LogP contribution < -0.4 is 4.74 Å². The maximum atomic E-state index is 11.9. The lowest BCUT2D eigenvalue weighted by atomic mass is 10.00. The number of ether oxygens (including phenoxy) is 3. The summed E-state index contributed by atoms with van der Waals surface area (Å²) in [7, 11) is 1.38. The van der Waals surface area contributed by atoms with Gasteiger partial charge >= 0.3 is 5.97 Å². The van der Waals surface area contributed by atoms with Crippen molar-refractivity contribution in [3.8, 4) is 5.75 Å². The number of carbonyl (C=O) groups is 1. The van der Waals surface area contributed by atoms with E-state index in [1.165, 1.54) is 7.11 Å². The Morgan fingerprint density at radius 3 is 2.29 bits per heavy atom. The summed E-state index contributed by atoms with van der Waals surface area (Å²) < 4.78 is 17.4. The summed E-state index contributed by atoms with van der Waals surface area (Å²) in [6.07, 6.45) is 1.97. The van der Waals surface area contributed by atoms with Crippen LogP contribution in [0.1, 0.15) is 40.4 Å². The van der Waals surface area contributed by atoms with Crippen LogP contribution in [0.25, 0.3) is 0 Å². The summed E-state index contributed by atoms with van der Waals surface area (Å²) in [6.45, 7) is 3.18. The van der Waals surface area contributed by atoms with Crippen molar-refractivity contribution in [2.24, 2.45) is 0 Å². The highest BCUT2D eigenvalue weighted by atomic mass is 35.5. The quantitative estimate of drug-likeness (QED) is 0.364. The Morgan fingerprint density at radius 1 is 0.941 bits per heavy atom. The molecule has 6 heteroatoms. The SMILES string of the molecule is COC(=O)c1ccccc1OCCN1CCC(OC(c2ccccc2)c2ccc(Cl)cc2)CC1. The fraction of sp³-hybridized carbons (Fsp3) is 0.321. The molecule has 1 saturated heterocycles. The molecule has 178 valence electrons. The van der Waals surface area contributed by atoms with Gasteiger partial charge in [-0.1, -0.05) is 66.2 Å². The van der Waals surface area contributed by atoms with Gasteiger partial charge in [-0.05, 0) is 48.2 Å². The lowest BCUT2D eigenvalue weighted by Crippen LogP contribution is -2.39. The molecule has 3 aromatic carbocycles. The minimum atomic E-state index is -0.387. The Labute approximate surface area is 206 Å². The van der Waals surface area contributed by atoms with Crippen molar-refractivity contribution in [3.63, 3.8) is 0 Å². The first-order chi connectivity index (χ1) is 16.6. The number of rotatable bonds is 9. The van der Waals surface area contributed by atoms with Gasteiger partial charge in [0.05, 0.1) is 13.2 Å². The maximum absolute atomic E-state index is 11.9. The van der Waals surface area contributed by atoms with Crippen LogP contribution in [0.4, 0.5) is 0 Å². The number of para-hydroxylation sites is 1. The molecule has 1 atom stereocenters. The average molecular weight is 480 g/mol. The highest BCUT2D eigenvalue weighted by molar-refractivity contribution is 6.30. The fourth-order valence-electron chi connectivity index (χ4n) is 4.23. The Balaban J connectivity index is 1.30. The molecule has 0 aromatic heterocycles. The Hall–Kier alpha value is -2.86. The van der Waals surface area contributed by atoms with E-state index in [9.17, 15) is 4.79 Å². The van der Waals surface area contributed by atoms with E-state index in [1.54, 1.807) is 18.2 Å². The average Bonchev–Trinajstić information content (AvgIpc) is 2.89. The third-order valence-electron chi connectivity index (χ3n) is 6.10. The van der Waals surface area contributed by atoms with E-state index < -0.39 is 0 Å². The molecule has 1 aliphatic rings. The molecule has 4 rings (SSSR count). The molecule has 0 spiro atoms. The largest absolute Gasteiger partial charge is 0.491 e. The Morgan fingerprint density at radius 2 is 1.59 bits per heavy atom. The first-order valence-electron chi connectivity index (χ1n) is 11.6. The molecule has 0 saturated carbocycles. The highest BCUT2D eigenvalue weighted by Crippen LogP contribution is 2.31. The van der Waals surface area contributed by atoms with Gasteiger partial charge in [0.1, 0.15) is 24.0 Å². The van der Waals surface area contributed by atoms with Crippen molar-refractivity contribution in [2.75, 3.05) is 33.4 Å². The molecular formula is C28H30ClNO4. The maximum Gasteiger partial charge on any atom is 0.341 e. The van der Waals surface area contributed by atoms with E-state index in [0.29, 0.717) is 17.9 Å². The topological polar surface area (TPSA) is 48.0 Å². The molecule has 3 aromatic rings. The van der Waals surface area contributed by atoms with E-state index in [1.807, 2.05) is 48.5 Å². The lowest BCUT2D eigenvalue weighted by molar-refractivity contribution is -0.0282. The molecule has 5 nitrogen and oxygen atoms in total. The van der Waals surface area contributed by atoms with E-state index in [-0.39, 0.29) is 18.2 Å². The molecule has 0 radical (unpaired) electrons. The predicted octanol–water partition coefficient (Wildman–Crippen LogP) is 5.78. The zero-order chi connectivity index (χ0) is 23.8. The second-order valence-electron chi connectivity index (χ2n) is 8.36. The van der Waals surface area contributed by atoms with E-state index in [0.717, 1.165) is 48.6 Å². The number of carbonyl (C=O) groups excluding carboxylic acids is 1. The number of benzene rings is 3. The van der Waals surface area contributed by atoms with Gasteiger partial charge in [-0.25, -0.2) is 4.79 Å². The number of hydrogen-bond donors (Lipinski definition) is 0. The van der Waals surface area contributed by atoms with Gasteiger partial charge in [0, 0.05) is 24.7 Å². The number of likely N-dealkylation sites (tertiary alicyclic amines) is 1. The van der Waals surface area contributed by atoms with Crippen LogP contribution in [0.3, 0.4) is 0 Å². The summed E-state index contributed by atoms with van der Waals surface area (Å²) in [5.41, 5.74) is 2.70. The normalized spacial score (nSPS) is 15.6. The van der Waals surface area contributed by atoms with Crippen LogP contribution in [0.15, 0.2) is 78.9 Å². The van der Waals surface area contributed by atoms with Gasteiger partial charge in [0.15, 0.2) is 0 Å². The van der Waals surface area contributed by atoms with Crippen molar-refractivity contribution >= 4 is 17.6 Å². The molecule has 1 aliphatic heterocycles. The van der Waals surface area contributed by atoms with Crippen LogP contribution in [0.5, 0.6) is 5.75 Å². The van der Waals surface area contributed by atoms with Gasteiger partial charge in [-0.2, -0.15) is 0 Å². The number of esters is 1. The van der Waals surface area contributed by atoms with Crippen molar-refractivity contribution < 1.29 is 19.0 Å². The molecule has 1 heterocycles. The van der Waals surface area contributed by atoms with Gasteiger partial charge < -0.3 is 14.2 Å². The molecule has 0 bridgehead atoms. The van der Waals surface area contributed by atoms with E-state index >= 15 is 0 Å². The number of nitrogens with zero attached hydrogens (tertiary/aromatic N) is 1. The summed E-state index contributed by atoms with van der Waals surface area (Å²) in [5, 5.41) is 0.722. The van der Waals surface area contributed by atoms with Crippen molar-refractivity contribution in [1.82, 2.24) is 4.90 Å². The Bertz CT molecular complexity index is 1050. The molecular weight excluding hydrogens is 450 g/mol. The fourth-order valence-corrected chi connectivity index (χ4v) is 4.36. The second-order valence-corrected chi connectivity index (χ2v) is 8.79. The number of methoxy groups -OCH3 is 1. The van der Waals surface area contributed by atoms with Gasteiger partial charge in [0.2, 0.25) is 0 Å². The van der Waals surface area contributed by atoms with Crippen LogP contribution in [0, 0.1) is 0 Å². The standard InChI is InChI=1S/C28H30ClNO4/c1-32-28(31)25-9-5-6-10-26(25)33-20-19-30-17-15-24(16-18-30)34-27(21-7-3-2-4-8-21)22-11-13-23(29)14-12-22/h2-14,24,27H,15-20H2,1H3. The molecule has 1 fully saturated rings. The van der Waals surface area contributed by atoms with Crippen LogP contribution in [0.2, 0.25) is 5.02 Å². The summed E-state index contributed by atoms with van der Waals surface area (Å²) in [5.74, 6) is 0.170. The van der Waals surface area contributed by atoms with Gasteiger partial charge in [-0.3, -0.25) is 4.90 Å². The van der Waals surface area contributed by atoms with Crippen LogP contribution in [-0.2, 0) is 9.47 Å². The van der Waals surface area contributed by atoms with Gasteiger partial charge in [0.25, 0.3) is 0 Å². The molecule has 0 amide bonds. The van der Waals surface area contributed by atoms with Crippen molar-refractivity contribution in [2.45, 2.75) is 25.0 Å². The summed E-state index contributed by atoms with van der Waals surface area (Å²) in [6, 6.07) is 25.4. The first kappa shape index (κ1) is 24.3. The number of hydrogen-bond acceptors (Lipinski definition) is 5. The third-order valence-corrected chi connectivity index (χ3v) is 6.35. The summed E-state index contributed by atoms with van der Waals surface area (Å²) >= 11 is 6.10. The predicted molar refractivity (Wildman–Crippen MR) is 134 cm³/mol. The molecule has 0 aliphatic carbocycles. The van der Waals surface area contributed by atoms with E-state index in [4.69, 9.17) is 25.8 Å². The monoisotopic (exact) mass is 479 g/mol. The van der Waals surface area contributed by atoms with Crippen LogP contribution >= 0.6 is 11.6 Å². The van der Waals surface area contributed by atoms with Crippen molar-refractivity contribution in [1.29, 1.82) is 0 Å². The lowest BCUT2D eigenvalue weighted by Gasteiger charge is -2.34.